The normalized spacial score (nSPS) is 13.7. The fourth-order valence-electron chi connectivity index (χ4n) is 2.19. The maximum Gasteiger partial charge on any atom is 0.105 e. The minimum atomic E-state index is -0.0893. The Hall–Kier alpha value is 1.06. The minimum absolute atomic E-state index is 0.0893. The summed E-state index contributed by atoms with van der Waals surface area (Å²) in [5.74, 6) is 2.04. The van der Waals surface area contributed by atoms with Crippen LogP contribution in [-0.4, -0.2) is 16.8 Å². The van der Waals surface area contributed by atoms with Gasteiger partial charge in [0.1, 0.15) is 3.66 Å². The van der Waals surface area contributed by atoms with E-state index >= 15 is 0 Å². The molecule has 0 spiro atoms. The summed E-state index contributed by atoms with van der Waals surface area (Å²) in [5.41, 5.74) is 3.95. The molecule has 0 aliphatic carbocycles. The molecule has 1 unspecified atom stereocenters. The second kappa shape index (κ2) is 11.0. The van der Waals surface area contributed by atoms with Gasteiger partial charge in [-0.25, -0.2) is 0 Å². The van der Waals surface area contributed by atoms with E-state index in [-0.39, 0.29) is 3.66 Å². The van der Waals surface area contributed by atoms with Crippen molar-refractivity contribution in [3.05, 3.63) is 65.2 Å². The largest absolute Gasteiger partial charge is 0.137 e. The van der Waals surface area contributed by atoms with Crippen LogP contribution in [0.4, 0.5) is 0 Å². The highest BCUT2D eigenvalue weighted by Gasteiger charge is 2.30. The topological polar surface area (TPSA) is 0 Å². The fourth-order valence-corrected chi connectivity index (χ4v) is 6.58. The molecule has 0 saturated heterocycles. The predicted molar refractivity (Wildman–Crippen MR) is 126 cm³/mol. The molecule has 0 saturated carbocycles. The number of rotatable bonds is 9. The van der Waals surface area contributed by atoms with Gasteiger partial charge in [0.05, 0.1) is 0 Å². The van der Waals surface area contributed by atoms with E-state index in [9.17, 15) is 0 Å². The zero-order chi connectivity index (χ0) is 17.4. The molecule has 0 bridgehead atoms. The van der Waals surface area contributed by atoms with E-state index < -0.39 is 0 Å². The highest BCUT2D eigenvalue weighted by Crippen LogP contribution is 2.46. The molecule has 2 aromatic rings. The quantitative estimate of drug-likeness (QED) is 0.207. The van der Waals surface area contributed by atoms with Crippen LogP contribution in [-0.2, 0) is 14.3 Å². The summed E-state index contributed by atoms with van der Waals surface area (Å²) in [7, 11) is 0. The molecule has 1 atom stereocenters. The Morgan fingerprint density at radius 1 is 0.875 bits per heavy atom. The molecular weight excluding hydrogens is 600 g/mol. The standard InChI is InChI=1S/C18H18Br4S2/c19-7-8-24-18(22,16-5-1-3-14(9-16)11-20)13-23-17-6-2-4-15(10-17)12-21/h1-6,9-10H,7-8,11-13H2. The van der Waals surface area contributed by atoms with Crippen molar-refractivity contribution in [2.75, 3.05) is 16.8 Å². The average Bonchev–Trinajstić information content (AvgIpc) is 2.65. The number of hydrogen-bond acceptors (Lipinski definition) is 2. The van der Waals surface area contributed by atoms with Gasteiger partial charge < -0.3 is 0 Å². The number of halogens is 4. The fraction of sp³-hybridized carbons (Fsp3) is 0.333. The molecule has 6 heteroatoms. The average molecular weight is 618 g/mol. The molecule has 0 aromatic heterocycles. The lowest BCUT2D eigenvalue weighted by Crippen LogP contribution is -2.18. The molecular formula is C18H18Br4S2. The summed E-state index contributed by atoms with van der Waals surface area (Å²) >= 11 is 18.6. The van der Waals surface area contributed by atoms with E-state index in [1.54, 1.807) is 0 Å². The Bertz CT molecular complexity index is 650. The molecule has 0 N–H and O–H groups in total. The lowest BCUT2D eigenvalue weighted by Gasteiger charge is -2.27. The highest BCUT2D eigenvalue weighted by atomic mass is 79.9. The summed E-state index contributed by atoms with van der Waals surface area (Å²) in [4.78, 5) is 1.31. The van der Waals surface area contributed by atoms with Crippen molar-refractivity contribution in [2.45, 2.75) is 19.2 Å². The molecule has 2 aromatic carbocycles. The van der Waals surface area contributed by atoms with Crippen molar-refractivity contribution in [1.29, 1.82) is 0 Å². The summed E-state index contributed by atoms with van der Waals surface area (Å²) in [6, 6.07) is 17.5. The number of benzene rings is 2. The van der Waals surface area contributed by atoms with Crippen LogP contribution >= 0.6 is 87.2 Å². The third kappa shape index (κ3) is 6.34. The summed E-state index contributed by atoms with van der Waals surface area (Å²) in [6.07, 6.45) is 0. The van der Waals surface area contributed by atoms with Crippen molar-refractivity contribution in [3.8, 4) is 0 Å². The van der Waals surface area contributed by atoms with E-state index in [0.29, 0.717) is 0 Å². The van der Waals surface area contributed by atoms with Gasteiger partial charge in [-0.15, -0.1) is 23.5 Å². The summed E-state index contributed by atoms with van der Waals surface area (Å²) in [6.45, 7) is 0. The SMILES string of the molecule is BrCCSC(Br)(CSc1cccc(CBr)c1)c1cccc(CBr)c1. The third-order valence-corrected chi connectivity index (χ3v) is 10.0. The zero-order valence-electron chi connectivity index (χ0n) is 13.0. The molecule has 2 rings (SSSR count). The van der Waals surface area contributed by atoms with Gasteiger partial charge in [-0.05, 0) is 28.8 Å². The Morgan fingerprint density at radius 2 is 1.54 bits per heavy atom. The van der Waals surface area contributed by atoms with Crippen LogP contribution in [0.3, 0.4) is 0 Å². The second-order valence-corrected chi connectivity index (χ2v) is 11.4. The van der Waals surface area contributed by atoms with E-state index in [0.717, 1.165) is 27.5 Å². The lowest BCUT2D eigenvalue weighted by atomic mass is 10.1. The van der Waals surface area contributed by atoms with Gasteiger partial charge in [0, 0.05) is 32.4 Å². The summed E-state index contributed by atoms with van der Waals surface area (Å²) in [5, 5.41) is 2.77. The molecule has 0 heterocycles. The molecule has 0 nitrogen and oxygen atoms in total. The first-order valence-electron chi connectivity index (χ1n) is 7.43. The van der Waals surface area contributed by atoms with E-state index in [2.05, 4.69) is 112 Å². The van der Waals surface area contributed by atoms with Gasteiger partial charge in [0.15, 0.2) is 0 Å². The first-order valence-corrected chi connectivity index (χ1v) is 13.6. The van der Waals surface area contributed by atoms with Crippen LogP contribution in [0.1, 0.15) is 16.7 Å². The lowest BCUT2D eigenvalue weighted by molar-refractivity contribution is 1.04. The zero-order valence-corrected chi connectivity index (χ0v) is 21.0. The smallest absolute Gasteiger partial charge is 0.105 e. The van der Waals surface area contributed by atoms with E-state index in [4.69, 9.17) is 0 Å². The predicted octanol–water partition coefficient (Wildman–Crippen LogP) is 7.94. The maximum atomic E-state index is 4.05. The van der Waals surface area contributed by atoms with Crippen LogP contribution in [0, 0.1) is 0 Å². The van der Waals surface area contributed by atoms with Crippen LogP contribution in [0.2, 0.25) is 0 Å². The minimum Gasteiger partial charge on any atom is -0.137 e. The van der Waals surface area contributed by atoms with Gasteiger partial charge >= 0.3 is 0 Å². The number of thioether (sulfide) groups is 2. The third-order valence-electron chi connectivity index (χ3n) is 3.40. The van der Waals surface area contributed by atoms with E-state index in [1.165, 1.54) is 21.6 Å². The number of alkyl halides is 4. The van der Waals surface area contributed by atoms with Gasteiger partial charge in [0.25, 0.3) is 0 Å². The van der Waals surface area contributed by atoms with Gasteiger partial charge in [-0.2, -0.15) is 0 Å². The molecule has 24 heavy (non-hydrogen) atoms. The molecule has 0 aliphatic heterocycles. The first-order chi connectivity index (χ1) is 11.6. The molecule has 0 aliphatic rings. The van der Waals surface area contributed by atoms with Crippen LogP contribution < -0.4 is 0 Å². The molecule has 0 fully saturated rings. The Morgan fingerprint density at radius 3 is 2.21 bits per heavy atom. The Labute approximate surface area is 186 Å². The molecule has 0 amide bonds. The molecule has 0 radical (unpaired) electrons. The van der Waals surface area contributed by atoms with E-state index in [1.807, 2.05) is 23.5 Å². The Balaban J connectivity index is 2.19. The van der Waals surface area contributed by atoms with Crippen LogP contribution in [0.25, 0.3) is 0 Å². The van der Waals surface area contributed by atoms with Crippen molar-refractivity contribution < 1.29 is 0 Å². The van der Waals surface area contributed by atoms with Gasteiger partial charge in [0.2, 0.25) is 0 Å². The van der Waals surface area contributed by atoms with Crippen LogP contribution in [0.15, 0.2) is 53.4 Å². The Kier molecular flexibility index (Phi) is 9.82. The second-order valence-electron chi connectivity index (χ2n) is 5.17. The van der Waals surface area contributed by atoms with Gasteiger partial charge in [-0.3, -0.25) is 0 Å². The number of hydrogen-bond donors (Lipinski definition) is 0. The highest BCUT2D eigenvalue weighted by molar-refractivity contribution is 9.11. The van der Waals surface area contributed by atoms with Crippen molar-refractivity contribution in [2.24, 2.45) is 0 Å². The van der Waals surface area contributed by atoms with Crippen molar-refractivity contribution in [1.82, 2.24) is 0 Å². The molecule has 130 valence electrons. The maximum absolute atomic E-state index is 4.05. The summed E-state index contributed by atoms with van der Waals surface area (Å²) < 4.78 is -0.0893. The first kappa shape index (κ1) is 21.4. The van der Waals surface area contributed by atoms with Crippen molar-refractivity contribution >= 4 is 87.2 Å². The van der Waals surface area contributed by atoms with Crippen LogP contribution in [0.5, 0.6) is 0 Å². The van der Waals surface area contributed by atoms with Crippen molar-refractivity contribution in [3.63, 3.8) is 0 Å². The monoisotopic (exact) mass is 614 g/mol. The van der Waals surface area contributed by atoms with Gasteiger partial charge in [-0.1, -0.05) is 100 Å².